The van der Waals surface area contributed by atoms with Crippen molar-refractivity contribution < 1.29 is 82.0 Å². The van der Waals surface area contributed by atoms with Gasteiger partial charge in [0, 0.05) is 92.0 Å². The number of Topliss-reactive ketones (excluding diaryl/α,β-unsaturated/α-hetero) is 1. The number of fused-ring (bicyclic) bond motifs is 1. The highest BCUT2D eigenvalue weighted by Crippen LogP contribution is 2.27. The summed E-state index contributed by atoms with van der Waals surface area (Å²) in [5, 5.41) is 46.0. The van der Waals surface area contributed by atoms with E-state index in [1.807, 2.05) is 0 Å². The Morgan fingerprint density at radius 1 is 0.677 bits per heavy atom. The van der Waals surface area contributed by atoms with Gasteiger partial charge in [-0.05, 0) is 122 Å². The number of ketones is 1. The highest BCUT2D eigenvalue weighted by Gasteiger charge is 2.38. The molecule has 0 aliphatic carbocycles. The molecule has 31 heteroatoms. The van der Waals surface area contributed by atoms with Crippen LogP contribution < -0.4 is 53.6 Å². The summed E-state index contributed by atoms with van der Waals surface area (Å²) in [6, 6.07) is 10.7. The lowest BCUT2D eigenvalue weighted by Gasteiger charge is -2.29. The van der Waals surface area contributed by atoms with Gasteiger partial charge >= 0.3 is 12.2 Å². The van der Waals surface area contributed by atoms with Crippen LogP contribution in [0.5, 0.6) is 5.75 Å². The molecule has 9 atom stereocenters. The number of nitrogens with zero attached hydrogens (tertiary/aromatic N) is 1. The zero-order valence-corrected chi connectivity index (χ0v) is 58.0. The minimum Gasteiger partial charge on any atom is -0.508 e. The Morgan fingerprint density at radius 2 is 1.30 bits per heavy atom. The first kappa shape index (κ1) is 78.5. The summed E-state index contributed by atoms with van der Waals surface area (Å²) in [6.45, 7) is 11.2. The molecule has 536 valence electrons. The van der Waals surface area contributed by atoms with E-state index in [1.54, 1.807) is 102 Å². The number of benzene rings is 3. The molecule has 1 fully saturated rings. The number of phenolic OH excluding ortho intramolecular Hbond substituents is 1. The molecule has 0 bridgehead atoms. The van der Waals surface area contributed by atoms with Crippen molar-refractivity contribution in [3.63, 3.8) is 0 Å². The molecule has 6 rings (SSSR count). The summed E-state index contributed by atoms with van der Waals surface area (Å²) >= 11 is 0. The van der Waals surface area contributed by atoms with Crippen LogP contribution in [0.15, 0.2) is 97.2 Å². The third kappa shape index (κ3) is 26.4. The maximum atomic E-state index is 15.3. The van der Waals surface area contributed by atoms with Gasteiger partial charge in [0.15, 0.2) is 5.78 Å². The zero-order chi connectivity index (χ0) is 72.6. The van der Waals surface area contributed by atoms with Crippen LogP contribution >= 0.6 is 21.6 Å². The number of ether oxygens (including phenoxy) is 2. The molecule has 3 heterocycles. The van der Waals surface area contributed by atoms with Gasteiger partial charge in [-0.15, -0.1) is 0 Å². The number of nitrogens with two attached hydrogens (primary N) is 1. The highest BCUT2D eigenvalue weighted by molar-refractivity contribution is 8.76. The topological polar surface area (TPSA) is 434 Å². The number of aliphatic hydroxyl groups excluding tert-OH is 1. The van der Waals surface area contributed by atoms with Gasteiger partial charge < -0.3 is 78.3 Å². The number of carbonyl (C=O) groups is 13. The molecule has 4 aromatic rings. The van der Waals surface area contributed by atoms with Crippen LogP contribution in [0.1, 0.15) is 110 Å². The molecule has 12 amide bonds. The lowest BCUT2D eigenvalue weighted by Crippen LogP contribution is -2.61. The molecule has 2 aliphatic rings. The molecule has 29 nitrogen and oxygen atoms in total. The number of phenols is 1. The van der Waals surface area contributed by atoms with Crippen LogP contribution in [0.2, 0.25) is 0 Å². The second-order valence-electron chi connectivity index (χ2n) is 26.0. The predicted molar refractivity (Wildman–Crippen MR) is 368 cm³/mol. The smallest absolute Gasteiger partial charge is 0.408 e. The largest absolute Gasteiger partial charge is 0.508 e. The van der Waals surface area contributed by atoms with Crippen molar-refractivity contribution in [2.75, 3.05) is 31.1 Å². The van der Waals surface area contributed by atoms with Crippen molar-refractivity contribution in [3.05, 3.63) is 114 Å². The number of aromatic amines is 1. The first-order valence-electron chi connectivity index (χ1n) is 32.5. The van der Waals surface area contributed by atoms with Gasteiger partial charge in [-0.25, -0.2) is 9.59 Å². The molecule has 1 aromatic heterocycles. The van der Waals surface area contributed by atoms with Crippen LogP contribution in [0.4, 0.5) is 9.59 Å². The van der Waals surface area contributed by atoms with E-state index in [9.17, 15) is 58.2 Å². The summed E-state index contributed by atoms with van der Waals surface area (Å²) in [6.07, 6.45) is -0.856. The van der Waals surface area contributed by atoms with Gasteiger partial charge in [-0.3, -0.25) is 57.6 Å². The molecule has 2 aliphatic heterocycles. The van der Waals surface area contributed by atoms with Crippen LogP contribution in [-0.2, 0) is 81.5 Å². The lowest BCUT2D eigenvalue weighted by molar-refractivity contribution is -0.137. The standard InChI is InChI=1S/C68H90N12O17S2/c1-39(81)57-64(93)77-52(63(92)73-47(58(69)87)25-26-54(84)70-30-15-31-80-55(85)27-28-56(80)86)38-99-98-37-51(76-61(90)49(33-40-16-9-8-10-17-40)78-66(95)97-68(5,6)7)53(83)35-42(32-41-21-23-44(82)24-22-41)59(88)75-50(34-43-36-72-46-19-12-11-18-45(43)46)62(91)74-48(60(89)79-57)20-13-14-29-71-65(94)96-67(2,3)4/h8-12,16-19,21-24,27-28,36,39,42,47-52,57,72,81-82H,13-15,20,25-26,29-35,37-38H2,1-7H3,(H2,69,87)(H,70,84)(H,71,94)(H,73,92)(H,74,91)(H,75,88)(H,76,90)(H,77,93)(H,78,95)(H,79,89)/t39-,42-,47+,48+,49-,50-,51+,52+,57+/m1/s1. The number of amides is 12. The van der Waals surface area contributed by atoms with Crippen LogP contribution in [-0.4, -0.2) is 188 Å². The normalized spacial score (nSPS) is 20.2. The number of nitrogens with one attached hydrogen (secondary N) is 10. The number of unbranched alkanes of at least 4 members (excludes halogenated alkanes) is 1. The van der Waals surface area contributed by atoms with Crippen molar-refractivity contribution in [1.29, 1.82) is 0 Å². The molecule has 1 saturated heterocycles. The van der Waals surface area contributed by atoms with Gasteiger partial charge in [0.05, 0.1) is 12.1 Å². The second-order valence-corrected chi connectivity index (χ2v) is 28.6. The molecular formula is C68H90N12O17S2. The number of imide groups is 1. The molecular weight excluding hydrogens is 1320 g/mol. The number of hydrogen-bond donors (Lipinski definition) is 13. The Labute approximate surface area is 581 Å². The first-order chi connectivity index (χ1) is 46.8. The number of aromatic nitrogens is 1. The molecule has 0 saturated carbocycles. The number of carbonyl (C=O) groups excluding carboxylic acids is 13. The summed E-state index contributed by atoms with van der Waals surface area (Å²) in [5.41, 5.74) is 6.29. The maximum Gasteiger partial charge on any atom is 0.408 e. The molecule has 3 aromatic carbocycles. The van der Waals surface area contributed by atoms with Gasteiger partial charge in [0.1, 0.15) is 53.2 Å². The third-order valence-electron chi connectivity index (χ3n) is 15.5. The number of aliphatic hydroxyl groups is 1. The van der Waals surface area contributed by atoms with E-state index in [0.29, 0.717) is 27.6 Å². The van der Waals surface area contributed by atoms with E-state index >= 15 is 14.4 Å². The summed E-state index contributed by atoms with van der Waals surface area (Å²) in [7, 11) is 1.82. The van der Waals surface area contributed by atoms with Crippen molar-refractivity contribution in [2.24, 2.45) is 11.7 Å². The van der Waals surface area contributed by atoms with E-state index in [1.165, 1.54) is 31.2 Å². The second kappa shape index (κ2) is 37.5. The van der Waals surface area contributed by atoms with Crippen LogP contribution in [0.25, 0.3) is 10.9 Å². The average Bonchev–Trinajstić information content (AvgIpc) is 1.74. The number of alkyl carbamates (subject to hydrolysis) is 2. The van der Waals surface area contributed by atoms with Gasteiger partial charge in [-0.1, -0.05) is 82.3 Å². The fraction of sp³-hybridized carbons (Fsp3) is 0.485. The number of primary amides is 1. The van der Waals surface area contributed by atoms with Crippen molar-refractivity contribution in [3.8, 4) is 5.75 Å². The number of rotatable bonds is 25. The first-order valence-corrected chi connectivity index (χ1v) is 35.0. The predicted octanol–water partition coefficient (Wildman–Crippen LogP) is 2.45. The highest BCUT2D eigenvalue weighted by atomic mass is 33.1. The van der Waals surface area contributed by atoms with E-state index < -0.39 is 155 Å². The number of aromatic hydroxyl groups is 1. The summed E-state index contributed by atoms with van der Waals surface area (Å²) in [4.78, 5) is 185. The average molecular weight is 1410 g/mol. The zero-order valence-electron chi connectivity index (χ0n) is 56.4. The van der Waals surface area contributed by atoms with Crippen molar-refractivity contribution >= 4 is 110 Å². The van der Waals surface area contributed by atoms with Crippen molar-refractivity contribution in [1.82, 2.24) is 57.7 Å². The molecule has 99 heavy (non-hydrogen) atoms. The van der Waals surface area contributed by atoms with E-state index in [2.05, 4.69) is 52.8 Å². The molecule has 0 radical (unpaired) electrons. The van der Waals surface area contributed by atoms with E-state index in [4.69, 9.17) is 15.2 Å². The number of H-pyrrole nitrogens is 1. The third-order valence-corrected chi connectivity index (χ3v) is 18.0. The Bertz CT molecular complexity index is 3540. The Hall–Kier alpha value is -9.49. The quantitative estimate of drug-likeness (QED) is 0.0257. The minimum atomic E-state index is -1.87. The Kier molecular flexibility index (Phi) is 29.7. The van der Waals surface area contributed by atoms with Crippen LogP contribution in [0, 0.1) is 5.92 Å². The molecule has 0 spiro atoms. The fourth-order valence-electron chi connectivity index (χ4n) is 10.5. The molecule has 14 N–H and O–H groups in total. The Balaban J connectivity index is 1.39. The van der Waals surface area contributed by atoms with Crippen LogP contribution in [0.3, 0.4) is 0 Å². The molecule has 0 unspecified atom stereocenters. The van der Waals surface area contributed by atoms with Crippen molar-refractivity contribution in [2.45, 2.75) is 172 Å². The number of para-hydroxylation sites is 1. The number of hydrogen-bond acceptors (Lipinski definition) is 19. The Morgan fingerprint density at radius 3 is 1.97 bits per heavy atom. The SMILES string of the molecule is C[C@@H](O)[C@@H]1NC(=O)[C@H](CCCCNC(=O)OC(C)(C)C)NC(=O)[C@@H](Cc2c[nH]c3ccccc23)NC(=O)[C@H](Cc2ccc(O)cc2)CC(=O)[C@@H](NC(=O)[C@@H](Cc2ccccc2)NC(=O)OC(C)(C)C)CSSC[C@@H](C(=O)N[C@@H](CCC(=O)NCCCN2C(=O)C=CC2=O)C(N)=O)NC1=O. The van der Waals surface area contributed by atoms with Gasteiger partial charge in [-0.2, -0.15) is 0 Å². The summed E-state index contributed by atoms with van der Waals surface area (Å²) in [5.74, 6) is -11.3. The lowest BCUT2D eigenvalue weighted by atomic mass is 9.90. The summed E-state index contributed by atoms with van der Waals surface area (Å²) < 4.78 is 10.9. The monoisotopic (exact) mass is 1410 g/mol. The van der Waals surface area contributed by atoms with E-state index in [0.717, 1.165) is 38.6 Å². The van der Waals surface area contributed by atoms with E-state index in [-0.39, 0.29) is 88.9 Å². The van der Waals surface area contributed by atoms with Gasteiger partial charge in [0.25, 0.3) is 11.8 Å². The fourth-order valence-corrected chi connectivity index (χ4v) is 12.8. The maximum absolute atomic E-state index is 15.3. The van der Waals surface area contributed by atoms with Gasteiger partial charge in [0.2, 0.25) is 47.3 Å². The minimum absolute atomic E-state index is 0.0185.